The molecule has 33 heavy (non-hydrogen) atoms. The zero-order valence-electron chi connectivity index (χ0n) is 18.2. The number of aromatic nitrogens is 4. The van der Waals surface area contributed by atoms with Gasteiger partial charge in [0.1, 0.15) is 23.2 Å². The van der Waals surface area contributed by atoms with Crippen LogP contribution in [0.3, 0.4) is 0 Å². The molecule has 0 aliphatic carbocycles. The third-order valence-corrected chi connectivity index (χ3v) is 6.59. The van der Waals surface area contributed by atoms with E-state index in [1.54, 1.807) is 17.2 Å². The number of benzene rings is 1. The summed E-state index contributed by atoms with van der Waals surface area (Å²) in [6.45, 7) is 3.80. The van der Waals surface area contributed by atoms with Crippen molar-refractivity contribution in [3.05, 3.63) is 41.6 Å². The molecule has 1 aromatic carbocycles. The maximum absolute atomic E-state index is 13.5. The van der Waals surface area contributed by atoms with Crippen LogP contribution in [0.5, 0.6) is 0 Å². The fraction of sp³-hybridized carbons (Fsp3) is 0.409. The number of hydrogen-bond donors (Lipinski definition) is 1. The summed E-state index contributed by atoms with van der Waals surface area (Å²) >= 11 is 5.90. The van der Waals surface area contributed by atoms with Crippen molar-refractivity contribution >= 4 is 46.0 Å². The van der Waals surface area contributed by atoms with Crippen LogP contribution in [0.4, 0.5) is 21.8 Å². The first-order valence-electron chi connectivity index (χ1n) is 10.9. The van der Waals surface area contributed by atoms with Crippen LogP contribution in [0, 0.1) is 5.82 Å². The van der Waals surface area contributed by atoms with Crippen LogP contribution in [0.1, 0.15) is 12.8 Å². The first-order valence-corrected chi connectivity index (χ1v) is 11.3. The lowest BCUT2D eigenvalue weighted by atomic mass is 10.0. The highest BCUT2D eigenvalue weighted by Gasteiger charge is 2.30. The van der Waals surface area contributed by atoms with E-state index < -0.39 is 5.82 Å². The molecule has 2 aliphatic rings. The standard InChI is InChI=1S/C22H24ClFN8O/c1-30-8-9-32(12-19(30)33)15-4-6-31(7-5-15)22-25-11-18-20(29-22)21(27-13-26-18)28-14-2-3-17(24)16(23)10-14/h2-3,10-11,13,15H,4-9,12H2,1H3,(H,26,27,28). The Morgan fingerprint density at radius 3 is 2.70 bits per heavy atom. The molecule has 0 saturated carbocycles. The lowest BCUT2D eigenvalue weighted by Crippen LogP contribution is -2.54. The fourth-order valence-electron chi connectivity index (χ4n) is 4.32. The molecule has 2 aromatic heterocycles. The number of fused-ring (bicyclic) bond motifs is 1. The lowest BCUT2D eigenvalue weighted by Gasteiger charge is -2.41. The largest absolute Gasteiger partial charge is 0.343 e. The van der Waals surface area contributed by atoms with Gasteiger partial charge in [0.05, 0.1) is 17.8 Å². The minimum absolute atomic E-state index is 0.0265. The van der Waals surface area contributed by atoms with Gasteiger partial charge in [0.2, 0.25) is 11.9 Å². The van der Waals surface area contributed by atoms with E-state index in [0.717, 1.165) is 39.0 Å². The normalized spacial score (nSPS) is 18.2. The molecule has 172 valence electrons. The number of hydrogen-bond acceptors (Lipinski definition) is 8. The minimum Gasteiger partial charge on any atom is -0.343 e. The quantitative estimate of drug-likeness (QED) is 0.622. The molecule has 1 amide bonds. The summed E-state index contributed by atoms with van der Waals surface area (Å²) in [6, 6.07) is 4.78. The highest BCUT2D eigenvalue weighted by molar-refractivity contribution is 6.31. The van der Waals surface area contributed by atoms with Gasteiger partial charge in [-0.25, -0.2) is 24.3 Å². The lowest BCUT2D eigenvalue weighted by molar-refractivity contribution is -0.135. The van der Waals surface area contributed by atoms with Crippen molar-refractivity contribution in [1.82, 2.24) is 29.7 Å². The molecular weight excluding hydrogens is 447 g/mol. The highest BCUT2D eigenvalue weighted by Crippen LogP contribution is 2.27. The molecule has 0 radical (unpaired) electrons. The number of nitrogens with zero attached hydrogens (tertiary/aromatic N) is 7. The van der Waals surface area contributed by atoms with Gasteiger partial charge in [0.15, 0.2) is 5.82 Å². The number of amides is 1. The van der Waals surface area contributed by atoms with Crippen LogP contribution in [-0.2, 0) is 4.79 Å². The summed E-state index contributed by atoms with van der Waals surface area (Å²) in [5.74, 6) is 0.815. The van der Waals surface area contributed by atoms with Crippen molar-refractivity contribution in [3.63, 3.8) is 0 Å². The van der Waals surface area contributed by atoms with Crippen molar-refractivity contribution in [2.75, 3.05) is 50.0 Å². The third-order valence-electron chi connectivity index (χ3n) is 6.30. The molecule has 2 aliphatic heterocycles. The maximum atomic E-state index is 13.5. The summed E-state index contributed by atoms with van der Waals surface area (Å²) < 4.78 is 13.5. The van der Waals surface area contributed by atoms with Gasteiger partial charge in [-0.15, -0.1) is 0 Å². The summed E-state index contributed by atoms with van der Waals surface area (Å²) in [7, 11) is 1.86. The monoisotopic (exact) mass is 470 g/mol. The number of nitrogens with one attached hydrogen (secondary N) is 1. The van der Waals surface area contributed by atoms with Crippen LogP contribution in [0.2, 0.25) is 5.02 Å². The van der Waals surface area contributed by atoms with Gasteiger partial charge >= 0.3 is 0 Å². The number of carbonyl (C=O) groups is 1. The molecule has 1 N–H and O–H groups in total. The Morgan fingerprint density at radius 2 is 1.94 bits per heavy atom. The summed E-state index contributed by atoms with van der Waals surface area (Å²) in [4.78, 5) is 36.1. The fourth-order valence-corrected chi connectivity index (χ4v) is 4.50. The molecular formula is C22H24ClFN8O. The zero-order chi connectivity index (χ0) is 22.9. The van der Waals surface area contributed by atoms with E-state index in [-0.39, 0.29) is 10.9 Å². The predicted octanol–water partition coefficient (Wildman–Crippen LogP) is 2.70. The van der Waals surface area contributed by atoms with E-state index >= 15 is 0 Å². The Hall–Kier alpha value is -3.11. The van der Waals surface area contributed by atoms with E-state index in [2.05, 4.69) is 30.1 Å². The maximum Gasteiger partial charge on any atom is 0.236 e. The number of carbonyl (C=O) groups excluding carboxylic acids is 1. The second kappa shape index (κ2) is 9.03. The van der Waals surface area contributed by atoms with Gasteiger partial charge in [0, 0.05) is 45.0 Å². The summed E-state index contributed by atoms with van der Waals surface area (Å²) in [5.41, 5.74) is 1.79. The van der Waals surface area contributed by atoms with Crippen LogP contribution in [0.25, 0.3) is 11.0 Å². The van der Waals surface area contributed by atoms with Crippen LogP contribution < -0.4 is 10.2 Å². The third kappa shape index (κ3) is 4.53. The van der Waals surface area contributed by atoms with Gasteiger partial charge in [-0.3, -0.25) is 9.69 Å². The van der Waals surface area contributed by atoms with Crippen LogP contribution >= 0.6 is 11.6 Å². The Labute approximate surface area is 195 Å². The Bertz CT molecular complexity index is 1190. The molecule has 0 atom stereocenters. The first kappa shape index (κ1) is 21.7. The van der Waals surface area contributed by atoms with Gasteiger partial charge in [0.25, 0.3) is 0 Å². The highest BCUT2D eigenvalue weighted by atomic mass is 35.5. The molecule has 9 nitrogen and oxygen atoms in total. The van der Waals surface area contributed by atoms with Gasteiger partial charge in [-0.05, 0) is 31.0 Å². The number of halogens is 2. The van der Waals surface area contributed by atoms with Gasteiger partial charge in [-0.2, -0.15) is 0 Å². The summed E-state index contributed by atoms with van der Waals surface area (Å²) in [5, 5.41) is 3.18. The number of anilines is 3. The number of piperazine rings is 1. The zero-order valence-corrected chi connectivity index (χ0v) is 19.0. The van der Waals surface area contributed by atoms with Crippen molar-refractivity contribution in [1.29, 1.82) is 0 Å². The minimum atomic E-state index is -0.483. The predicted molar refractivity (Wildman–Crippen MR) is 124 cm³/mol. The molecule has 2 saturated heterocycles. The second-order valence-electron chi connectivity index (χ2n) is 8.38. The summed E-state index contributed by atoms with van der Waals surface area (Å²) in [6.07, 6.45) is 5.01. The van der Waals surface area contributed by atoms with E-state index in [4.69, 9.17) is 16.6 Å². The Balaban J connectivity index is 1.32. The smallest absolute Gasteiger partial charge is 0.236 e. The van der Waals surface area contributed by atoms with E-state index in [1.165, 1.54) is 18.5 Å². The van der Waals surface area contributed by atoms with E-state index in [1.807, 2.05) is 7.05 Å². The van der Waals surface area contributed by atoms with Crippen molar-refractivity contribution in [3.8, 4) is 0 Å². The molecule has 0 unspecified atom stereocenters. The second-order valence-corrected chi connectivity index (χ2v) is 8.79. The van der Waals surface area contributed by atoms with Gasteiger partial charge in [-0.1, -0.05) is 11.6 Å². The molecule has 0 bridgehead atoms. The van der Waals surface area contributed by atoms with Crippen LogP contribution in [-0.4, -0.2) is 81.5 Å². The molecule has 11 heteroatoms. The van der Waals surface area contributed by atoms with E-state index in [0.29, 0.717) is 41.1 Å². The SMILES string of the molecule is CN1CCN(C2CCN(c3ncc4ncnc(Nc5ccc(F)c(Cl)c5)c4n3)CC2)CC1=O. The topological polar surface area (TPSA) is 90.4 Å². The van der Waals surface area contributed by atoms with Crippen molar-refractivity contribution < 1.29 is 9.18 Å². The molecule has 5 rings (SSSR count). The number of piperidine rings is 1. The molecule has 2 fully saturated rings. The Morgan fingerprint density at radius 1 is 1.12 bits per heavy atom. The van der Waals surface area contributed by atoms with Crippen molar-refractivity contribution in [2.45, 2.75) is 18.9 Å². The van der Waals surface area contributed by atoms with Crippen LogP contribution in [0.15, 0.2) is 30.7 Å². The molecule has 0 spiro atoms. The average molecular weight is 471 g/mol. The van der Waals surface area contributed by atoms with Crippen molar-refractivity contribution in [2.24, 2.45) is 0 Å². The van der Waals surface area contributed by atoms with E-state index in [9.17, 15) is 9.18 Å². The average Bonchev–Trinajstić information content (AvgIpc) is 2.83. The first-order chi connectivity index (χ1) is 16.0. The number of likely N-dealkylation sites (N-methyl/N-ethyl adjacent to an activating group) is 1. The van der Waals surface area contributed by atoms with Gasteiger partial charge < -0.3 is 15.1 Å². The Kier molecular flexibility index (Phi) is 5.94. The molecule has 4 heterocycles. The molecule has 3 aromatic rings. The number of rotatable bonds is 4.